The van der Waals surface area contributed by atoms with Gasteiger partial charge in [-0.05, 0) is 26.0 Å². The highest BCUT2D eigenvalue weighted by atomic mass is 19.2. The molecule has 2 aromatic rings. The molecule has 0 saturated heterocycles. The molecule has 0 radical (unpaired) electrons. The predicted octanol–water partition coefficient (Wildman–Crippen LogP) is 2.99. The van der Waals surface area contributed by atoms with Gasteiger partial charge in [-0.3, -0.25) is 0 Å². The molecule has 0 aliphatic carbocycles. The first-order valence-corrected chi connectivity index (χ1v) is 5.29. The Kier molecular flexibility index (Phi) is 2.83. The van der Waals surface area contributed by atoms with Crippen molar-refractivity contribution < 1.29 is 8.78 Å². The minimum Gasteiger partial charge on any atom is -0.383 e. The summed E-state index contributed by atoms with van der Waals surface area (Å²) in [5.74, 6) is -1.49. The minimum atomic E-state index is -0.923. The van der Waals surface area contributed by atoms with Gasteiger partial charge in [-0.1, -0.05) is 6.07 Å². The molecule has 0 aliphatic rings. The smallest absolute Gasteiger partial charge is 0.168 e. The number of benzene rings is 1. The molecule has 0 aliphatic heterocycles. The topological polar surface area (TPSA) is 43.8 Å². The van der Waals surface area contributed by atoms with E-state index in [2.05, 4.69) is 4.98 Å². The fraction of sp³-hybridized carbons (Fsp3) is 0.250. The number of imidazole rings is 1. The molecule has 0 amide bonds. The largest absolute Gasteiger partial charge is 0.383 e. The molecule has 0 atom stereocenters. The normalized spacial score (nSPS) is 11.1. The number of nitrogen functional groups attached to an aromatic ring is 1. The highest BCUT2D eigenvalue weighted by molar-refractivity contribution is 5.71. The summed E-state index contributed by atoms with van der Waals surface area (Å²) in [6.45, 7) is 3.87. The summed E-state index contributed by atoms with van der Waals surface area (Å²) < 4.78 is 28.4. The van der Waals surface area contributed by atoms with E-state index in [0.29, 0.717) is 5.82 Å². The Bertz CT molecular complexity index is 547. The summed E-state index contributed by atoms with van der Waals surface area (Å²) >= 11 is 0. The Hall–Kier alpha value is -1.91. The SMILES string of the molecule is CC(C)n1cnc(-c2cccc(F)c2F)c1N. The van der Waals surface area contributed by atoms with Crippen molar-refractivity contribution in [2.75, 3.05) is 5.73 Å². The van der Waals surface area contributed by atoms with Crippen LogP contribution in [-0.2, 0) is 0 Å². The van der Waals surface area contributed by atoms with Crippen LogP contribution in [0.3, 0.4) is 0 Å². The van der Waals surface area contributed by atoms with Crippen molar-refractivity contribution in [3.63, 3.8) is 0 Å². The van der Waals surface area contributed by atoms with E-state index in [1.807, 2.05) is 13.8 Å². The summed E-state index contributed by atoms with van der Waals surface area (Å²) in [4.78, 5) is 4.04. The lowest BCUT2D eigenvalue weighted by Crippen LogP contribution is -2.04. The van der Waals surface area contributed by atoms with Crippen LogP contribution in [0.2, 0.25) is 0 Å². The molecule has 0 spiro atoms. The van der Waals surface area contributed by atoms with Crippen molar-refractivity contribution in [1.29, 1.82) is 0 Å². The molecular formula is C12H13F2N3. The van der Waals surface area contributed by atoms with Crippen molar-refractivity contribution >= 4 is 5.82 Å². The summed E-state index contributed by atoms with van der Waals surface area (Å²) in [6, 6.07) is 4.07. The molecule has 2 rings (SSSR count). The Labute approximate surface area is 97.9 Å². The zero-order chi connectivity index (χ0) is 12.6. The third-order valence-electron chi connectivity index (χ3n) is 2.60. The van der Waals surface area contributed by atoms with Gasteiger partial charge in [0.1, 0.15) is 11.5 Å². The molecule has 0 bridgehead atoms. The number of hydrogen-bond acceptors (Lipinski definition) is 2. The summed E-state index contributed by atoms with van der Waals surface area (Å²) in [7, 11) is 0. The van der Waals surface area contributed by atoms with Gasteiger partial charge in [-0.15, -0.1) is 0 Å². The van der Waals surface area contributed by atoms with Crippen LogP contribution >= 0.6 is 0 Å². The van der Waals surface area contributed by atoms with E-state index in [-0.39, 0.29) is 17.3 Å². The number of anilines is 1. The monoisotopic (exact) mass is 237 g/mol. The number of rotatable bonds is 2. The van der Waals surface area contributed by atoms with E-state index in [4.69, 9.17) is 5.73 Å². The van der Waals surface area contributed by atoms with Gasteiger partial charge in [0.2, 0.25) is 0 Å². The third kappa shape index (κ3) is 1.88. The van der Waals surface area contributed by atoms with Gasteiger partial charge in [0.05, 0.1) is 6.33 Å². The number of halogens is 2. The zero-order valence-corrected chi connectivity index (χ0v) is 9.61. The van der Waals surface area contributed by atoms with Crippen LogP contribution in [0.15, 0.2) is 24.5 Å². The second-order valence-corrected chi connectivity index (χ2v) is 4.08. The van der Waals surface area contributed by atoms with E-state index in [1.165, 1.54) is 18.5 Å². The molecular weight excluding hydrogens is 224 g/mol. The maximum atomic E-state index is 13.6. The van der Waals surface area contributed by atoms with Gasteiger partial charge in [-0.2, -0.15) is 0 Å². The van der Waals surface area contributed by atoms with Crippen LogP contribution < -0.4 is 5.73 Å². The van der Waals surface area contributed by atoms with Crippen molar-refractivity contribution in [2.24, 2.45) is 0 Å². The van der Waals surface area contributed by atoms with Crippen LogP contribution in [0, 0.1) is 11.6 Å². The van der Waals surface area contributed by atoms with E-state index in [0.717, 1.165) is 6.07 Å². The summed E-state index contributed by atoms with van der Waals surface area (Å²) in [5.41, 5.74) is 6.23. The van der Waals surface area contributed by atoms with Crippen LogP contribution in [0.25, 0.3) is 11.3 Å². The lowest BCUT2D eigenvalue weighted by atomic mass is 10.1. The van der Waals surface area contributed by atoms with E-state index < -0.39 is 11.6 Å². The van der Waals surface area contributed by atoms with E-state index in [9.17, 15) is 8.78 Å². The van der Waals surface area contributed by atoms with Gasteiger partial charge in [0.15, 0.2) is 11.6 Å². The molecule has 3 nitrogen and oxygen atoms in total. The lowest BCUT2D eigenvalue weighted by Gasteiger charge is -2.09. The Morgan fingerprint density at radius 2 is 2.00 bits per heavy atom. The molecule has 1 aromatic heterocycles. The maximum Gasteiger partial charge on any atom is 0.168 e. The molecule has 5 heteroatoms. The molecule has 0 saturated carbocycles. The fourth-order valence-corrected chi connectivity index (χ4v) is 1.68. The first-order chi connectivity index (χ1) is 8.02. The molecule has 1 heterocycles. The zero-order valence-electron chi connectivity index (χ0n) is 9.61. The third-order valence-corrected chi connectivity index (χ3v) is 2.60. The molecule has 90 valence electrons. The van der Waals surface area contributed by atoms with Gasteiger partial charge < -0.3 is 10.3 Å². The lowest BCUT2D eigenvalue weighted by molar-refractivity contribution is 0.511. The summed E-state index contributed by atoms with van der Waals surface area (Å²) in [5, 5.41) is 0. The van der Waals surface area contributed by atoms with Crippen LogP contribution in [0.4, 0.5) is 14.6 Å². The number of nitrogens with two attached hydrogens (primary N) is 1. The molecule has 0 fully saturated rings. The van der Waals surface area contributed by atoms with Gasteiger partial charge in [0.25, 0.3) is 0 Å². The van der Waals surface area contributed by atoms with E-state index >= 15 is 0 Å². The minimum absolute atomic E-state index is 0.0851. The molecule has 17 heavy (non-hydrogen) atoms. The van der Waals surface area contributed by atoms with Gasteiger partial charge >= 0.3 is 0 Å². The first kappa shape index (κ1) is 11.6. The van der Waals surface area contributed by atoms with Crippen LogP contribution in [0.5, 0.6) is 0 Å². The molecule has 0 unspecified atom stereocenters. The van der Waals surface area contributed by atoms with Crippen molar-refractivity contribution in [2.45, 2.75) is 19.9 Å². The second-order valence-electron chi connectivity index (χ2n) is 4.08. The Morgan fingerprint density at radius 3 is 2.59 bits per heavy atom. The fourth-order valence-electron chi connectivity index (χ4n) is 1.68. The molecule has 1 aromatic carbocycles. The predicted molar refractivity (Wildman–Crippen MR) is 62.4 cm³/mol. The maximum absolute atomic E-state index is 13.6. The van der Waals surface area contributed by atoms with Gasteiger partial charge in [-0.25, -0.2) is 13.8 Å². The standard InChI is InChI=1S/C12H13F2N3/c1-7(2)17-6-16-11(12(17)15)8-4-3-5-9(13)10(8)14/h3-7H,15H2,1-2H3. The number of nitrogens with zero attached hydrogens (tertiary/aromatic N) is 2. The molecule has 2 N–H and O–H groups in total. The number of hydrogen-bond donors (Lipinski definition) is 1. The van der Waals surface area contributed by atoms with Crippen molar-refractivity contribution in [3.8, 4) is 11.3 Å². The summed E-state index contributed by atoms with van der Waals surface area (Å²) in [6.07, 6.45) is 1.53. The Balaban J connectivity index is 2.58. The van der Waals surface area contributed by atoms with Crippen molar-refractivity contribution in [1.82, 2.24) is 9.55 Å². The van der Waals surface area contributed by atoms with Gasteiger partial charge in [0, 0.05) is 11.6 Å². The highest BCUT2D eigenvalue weighted by Crippen LogP contribution is 2.29. The quantitative estimate of drug-likeness (QED) is 0.872. The van der Waals surface area contributed by atoms with Crippen LogP contribution in [0.1, 0.15) is 19.9 Å². The highest BCUT2D eigenvalue weighted by Gasteiger charge is 2.17. The van der Waals surface area contributed by atoms with E-state index in [1.54, 1.807) is 4.57 Å². The average molecular weight is 237 g/mol. The average Bonchev–Trinajstić information content (AvgIpc) is 2.64. The second kappa shape index (κ2) is 4.16. The van der Waals surface area contributed by atoms with Crippen molar-refractivity contribution in [3.05, 3.63) is 36.2 Å². The number of aromatic nitrogens is 2. The first-order valence-electron chi connectivity index (χ1n) is 5.29. The van der Waals surface area contributed by atoms with Crippen LogP contribution in [-0.4, -0.2) is 9.55 Å². The Morgan fingerprint density at radius 1 is 1.29 bits per heavy atom.